The Kier molecular flexibility index (Phi) is 12.9. The van der Waals surface area contributed by atoms with Gasteiger partial charge in [0, 0.05) is 76.1 Å². The maximum atomic E-state index is 10.9. The van der Waals surface area contributed by atoms with Gasteiger partial charge in [-0.1, -0.05) is 86.4 Å². The molecular weight excluding hydrogens is 629 g/mol. The van der Waals surface area contributed by atoms with E-state index in [1.54, 1.807) is 4.68 Å². The molecule has 0 radical (unpaired) electrons. The Bertz CT molecular complexity index is 1700. The third-order valence-corrected chi connectivity index (χ3v) is 9.29. The van der Waals surface area contributed by atoms with Crippen LogP contribution in [0.4, 0.5) is 0 Å². The zero-order valence-electron chi connectivity index (χ0n) is 28.0. The van der Waals surface area contributed by atoms with Crippen LogP contribution in [0.15, 0.2) is 82.2 Å². The summed E-state index contributed by atoms with van der Waals surface area (Å²) in [6, 6.07) is 14.5. The Labute approximate surface area is 289 Å². The summed E-state index contributed by atoms with van der Waals surface area (Å²) in [6.45, 7) is 11.9. The quantitative estimate of drug-likeness (QED) is 0.0602. The predicted octanol–water partition coefficient (Wildman–Crippen LogP) is 7.83. The van der Waals surface area contributed by atoms with Gasteiger partial charge in [0.25, 0.3) is 0 Å². The van der Waals surface area contributed by atoms with Gasteiger partial charge in [-0.3, -0.25) is 10.2 Å². The molecule has 0 saturated carbocycles. The molecule has 6 N–H and O–H groups in total. The van der Waals surface area contributed by atoms with Crippen LogP contribution in [0.2, 0.25) is 5.02 Å². The highest BCUT2D eigenvalue weighted by atomic mass is 35.5. The van der Waals surface area contributed by atoms with Crippen LogP contribution in [0.3, 0.4) is 0 Å². The van der Waals surface area contributed by atoms with Crippen molar-refractivity contribution in [1.29, 1.82) is 0 Å². The summed E-state index contributed by atoms with van der Waals surface area (Å²) in [6.07, 6.45) is 10.8. The fourth-order valence-corrected chi connectivity index (χ4v) is 6.45. The number of amidine groups is 1. The van der Waals surface area contributed by atoms with E-state index in [0.29, 0.717) is 40.5 Å². The van der Waals surface area contributed by atoms with Gasteiger partial charge in [-0.15, -0.1) is 0 Å². The van der Waals surface area contributed by atoms with E-state index in [2.05, 4.69) is 53.8 Å². The summed E-state index contributed by atoms with van der Waals surface area (Å²) in [7, 11) is 0. The minimum absolute atomic E-state index is 0.434. The molecule has 1 aromatic heterocycles. The number of hydrogen-bond acceptors (Lipinski definition) is 6. The van der Waals surface area contributed by atoms with Crippen molar-refractivity contribution >= 4 is 41.1 Å². The smallest absolute Gasteiger partial charge is 0.212 e. The van der Waals surface area contributed by atoms with Crippen molar-refractivity contribution in [3.63, 3.8) is 0 Å². The van der Waals surface area contributed by atoms with E-state index < -0.39 is 0 Å². The number of aryl methyl sites for hydroxylation is 1. The molecule has 250 valence electrons. The summed E-state index contributed by atoms with van der Waals surface area (Å²) in [5.74, 6) is 0.576. The van der Waals surface area contributed by atoms with Gasteiger partial charge < -0.3 is 16.8 Å². The number of allylic oxidation sites excluding steroid dienone is 4. The monoisotopic (exact) mass is 675 g/mol. The second-order valence-corrected chi connectivity index (χ2v) is 12.6. The average Bonchev–Trinajstić information content (AvgIpc) is 3.39. The number of aromatic nitrogens is 1. The number of nitrogens with two attached hydrogens (primary N) is 2. The molecule has 3 aromatic rings. The number of hydrazine groups is 1. The predicted molar refractivity (Wildman–Crippen MR) is 198 cm³/mol. The lowest BCUT2D eigenvalue weighted by Gasteiger charge is -2.41. The van der Waals surface area contributed by atoms with Crippen molar-refractivity contribution in [3.8, 4) is 22.3 Å². The van der Waals surface area contributed by atoms with Crippen LogP contribution in [0.1, 0.15) is 69.7 Å². The number of hydrogen-bond donors (Lipinski definition) is 4. The maximum Gasteiger partial charge on any atom is 0.212 e. The standard InChI is InChI=1S/C37H47Cl2N7O/c1-6-11-28(40)16-17-29-22-45(43-29)20-26(7-2)34(38)19-35(41)31-13-9-12-30(25(31)5)33-15-10-14-32(37(33)39)27-18-24(4)46(21-27)44-36(8-3)42-23-47/h9-15,18-19,21,23,29,43H,6-8,16-17,20,22,40-41H2,1-5H3,(H,42,44,47)/b28-11-,34-26-,35-19-. The molecule has 1 amide bonds. The number of benzene rings is 2. The first-order valence-electron chi connectivity index (χ1n) is 16.3. The fraction of sp³-hybridized carbons (Fsp3) is 0.351. The van der Waals surface area contributed by atoms with Crippen LogP contribution in [0.5, 0.6) is 0 Å². The van der Waals surface area contributed by atoms with Crippen LogP contribution < -0.4 is 22.2 Å². The Hall–Kier alpha value is -3.82. The summed E-state index contributed by atoms with van der Waals surface area (Å²) < 4.78 is 1.76. The molecule has 2 heterocycles. The van der Waals surface area contributed by atoms with Crippen molar-refractivity contribution in [2.75, 3.05) is 13.1 Å². The van der Waals surface area contributed by atoms with E-state index in [4.69, 9.17) is 34.7 Å². The zero-order valence-corrected chi connectivity index (χ0v) is 29.6. The average molecular weight is 677 g/mol. The van der Waals surface area contributed by atoms with Gasteiger partial charge in [0.05, 0.1) is 5.02 Å². The van der Waals surface area contributed by atoms with Crippen LogP contribution in [0, 0.1) is 13.8 Å². The molecule has 10 heteroatoms. The molecule has 1 aliphatic heterocycles. The summed E-state index contributed by atoms with van der Waals surface area (Å²) in [5.41, 5.74) is 25.5. The van der Waals surface area contributed by atoms with Crippen LogP contribution in [0.25, 0.3) is 28.0 Å². The lowest BCUT2D eigenvalue weighted by atomic mass is 9.93. The molecule has 0 aliphatic carbocycles. The molecular formula is C37H47Cl2N7O. The first-order chi connectivity index (χ1) is 22.6. The number of amides is 1. The van der Waals surface area contributed by atoms with Gasteiger partial charge in [-0.25, -0.2) is 9.69 Å². The summed E-state index contributed by atoms with van der Waals surface area (Å²) >= 11 is 14.0. The van der Waals surface area contributed by atoms with Crippen LogP contribution >= 0.6 is 23.2 Å². The molecule has 4 rings (SSSR count). The van der Waals surface area contributed by atoms with Gasteiger partial charge in [-0.2, -0.15) is 5.10 Å². The molecule has 1 atom stereocenters. The Morgan fingerprint density at radius 2 is 1.79 bits per heavy atom. The second kappa shape index (κ2) is 16.8. The number of carbonyl (C=O) groups excluding carboxylic acids is 1. The van der Waals surface area contributed by atoms with Gasteiger partial charge in [0.2, 0.25) is 6.41 Å². The second-order valence-electron chi connectivity index (χ2n) is 11.9. The molecule has 1 fully saturated rings. The van der Waals surface area contributed by atoms with Gasteiger partial charge >= 0.3 is 0 Å². The summed E-state index contributed by atoms with van der Waals surface area (Å²) in [4.78, 5) is 10.9. The Balaban J connectivity index is 1.55. The third-order valence-electron chi connectivity index (χ3n) is 8.50. The van der Waals surface area contributed by atoms with E-state index in [9.17, 15) is 4.79 Å². The Morgan fingerprint density at radius 3 is 2.47 bits per heavy atom. The zero-order chi connectivity index (χ0) is 34.1. The third kappa shape index (κ3) is 8.96. The molecule has 2 aromatic carbocycles. The molecule has 1 aliphatic rings. The topological polar surface area (TPSA) is 114 Å². The van der Waals surface area contributed by atoms with E-state index in [1.807, 2.05) is 62.5 Å². The number of nitrogens with zero attached hydrogens (tertiary/aromatic N) is 3. The van der Waals surface area contributed by atoms with Crippen LogP contribution in [-0.4, -0.2) is 41.1 Å². The highest BCUT2D eigenvalue weighted by Gasteiger charge is 2.26. The number of nitrogens with one attached hydrogen (secondary N) is 2. The number of carbonyl (C=O) groups is 1. The highest BCUT2D eigenvalue weighted by Crippen LogP contribution is 2.39. The van der Waals surface area contributed by atoms with Crippen molar-refractivity contribution in [1.82, 2.24) is 20.4 Å². The fourth-order valence-electron chi connectivity index (χ4n) is 5.80. The normalized spacial score (nSPS) is 16.6. The summed E-state index contributed by atoms with van der Waals surface area (Å²) in [5, 5.41) is 10.7. The molecule has 47 heavy (non-hydrogen) atoms. The van der Waals surface area contributed by atoms with Gasteiger partial charge in [0.15, 0.2) is 0 Å². The SMILES string of the molecule is CC/C=C(\N)CCC1CN(C/C(CC)=C(Cl)/C=C(\N)c2cccc(-c3cccc(-c4cc(C)n(/N=C(/CC)NC=O)c4)c3Cl)c2C)N1. The van der Waals surface area contributed by atoms with Crippen molar-refractivity contribution in [2.45, 2.75) is 72.8 Å². The first-order valence-corrected chi connectivity index (χ1v) is 17.0. The van der Waals surface area contributed by atoms with Gasteiger partial charge in [0.1, 0.15) is 5.84 Å². The highest BCUT2D eigenvalue weighted by molar-refractivity contribution is 6.36. The first kappa shape index (κ1) is 36.0. The van der Waals surface area contributed by atoms with E-state index in [0.717, 1.165) is 89.1 Å². The van der Waals surface area contributed by atoms with Crippen LogP contribution in [-0.2, 0) is 4.79 Å². The lowest BCUT2D eigenvalue weighted by Crippen LogP contribution is -2.62. The van der Waals surface area contributed by atoms with E-state index in [-0.39, 0.29) is 0 Å². The van der Waals surface area contributed by atoms with E-state index in [1.165, 1.54) is 0 Å². The Morgan fingerprint density at radius 1 is 1.09 bits per heavy atom. The maximum absolute atomic E-state index is 10.9. The minimum Gasteiger partial charge on any atom is -0.402 e. The van der Waals surface area contributed by atoms with Crippen molar-refractivity contribution in [2.24, 2.45) is 16.6 Å². The van der Waals surface area contributed by atoms with Crippen molar-refractivity contribution < 1.29 is 4.79 Å². The minimum atomic E-state index is 0.434. The number of halogens is 2. The molecule has 0 spiro atoms. The molecule has 1 saturated heterocycles. The molecule has 1 unspecified atom stereocenters. The van der Waals surface area contributed by atoms with E-state index >= 15 is 0 Å². The van der Waals surface area contributed by atoms with Crippen molar-refractivity contribution in [3.05, 3.63) is 99.0 Å². The molecule has 0 bridgehead atoms. The number of rotatable bonds is 14. The van der Waals surface area contributed by atoms with Gasteiger partial charge in [-0.05, 0) is 68.4 Å². The lowest BCUT2D eigenvalue weighted by molar-refractivity contribution is -0.108. The largest absolute Gasteiger partial charge is 0.402 e. The molecule has 8 nitrogen and oxygen atoms in total.